The summed E-state index contributed by atoms with van der Waals surface area (Å²) in [6.45, 7) is 4.26. The standard InChI is InChI=1S/C31H28F4O/c1-3-4-19-36-27-18-17-26(30(34)31(27)35)23-12-7-21(8-13-23)9-14-24-15-16-25(29(33)28(24)32)22-10-5-20(2)6-11-22/h5-8,10-13,15-18H,3-4,9,14,19H2,1-2H3. The van der Waals surface area contributed by atoms with Crippen molar-refractivity contribution in [2.75, 3.05) is 6.61 Å². The van der Waals surface area contributed by atoms with E-state index in [1.165, 1.54) is 12.1 Å². The summed E-state index contributed by atoms with van der Waals surface area (Å²) in [6, 6.07) is 20.4. The van der Waals surface area contributed by atoms with Crippen LogP contribution in [0.1, 0.15) is 36.5 Å². The van der Waals surface area contributed by atoms with Crippen LogP contribution < -0.4 is 4.74 Å². The lowest BCUT2D eigenvalue weighted by atomic mass is 9.97. The SMILES string of the molecule is CCCCOc1ccc(-c2ccc(CCc3ccc(-c4ccc(C)cc4)c(F)c3F)cc2)c(F)c1F. The van der Waals surface area contributed by atoms with Gasteiger partial charge in [-0.15, -0.1) is 0 Å². The van der Waals surface area contributed by atoms with Crippen LogP contribution in [-0.2, 0) is 12.8 Å². The summed E-state index contributed by atoms with van der Waals surface area (Å²) in [6.07, 6.45) is 2.44. The fraction of sp³-hybridized carbons (Fsp3) is 0.226. The van der Waals surface area contributed by atoms with E-state index in [0.717, 1.165) is 24.0 Å². The van der Waals surface area contributed by atoms with Crippen molar-refractivity contribution < 1.29 is 22.3 Å². The van der Waals surface area contributed by atoms with Gasteiger partial charge < -0.3 is 4.74 Å². The number of benzene rings is 4. The summed E-state index contributed by atoms with van der Waals surface area (Å²) in [5, 5.41) is 0. The Kier molecular flexibility index (Phi) is 8.09. The van der Waals surface area contributed by atoms with Crippen LogP contribution in [0.25, 0.3) is 22.3 Å². The lowest BCUT2D eigenvalue weighted by Gasteiger charge is -2.11. The second kappa shape index (κ2) is 11.4. The van der Waals surface area contributed by atoms with Gasteiger partial charge in [0.05, 0.1) is 6.61 Å². The predicted octanol–water partition coefficient (Wildman–Crippen LogP) is 8.85. The van der Waals surface area contributed by atoms with Crippen molar-refractivity contribution >= 4 is 0 Å². The summed E-state index contributed by atoms with van der Waals surface area (Å²) < 4.78 is 63.9. The van der Waals surface area contributed by atoms with E-state index in [1.54, 1.807) is 48.5 Å². The highest BCUT2D eigenvalue weighted by molar-refractivity contribution is 5.66. The van der Waals surface area contributed by atoms with Crippen LogP contribution in [0.2, 0.25) is 0 Å². The van der Waals surface area contributed by atoms with E-state index in [1.807, 2.05) is 26.0 Å². The van der Waals surface area contributed by atoms with Crippen molar-refractivity contribution in [3.8, 4) is 28.0 Å². The molecule has 0 saturated carbocycles. The van der Waals surface area contributed by atoms with Crippen LogP contribution in [-0.4, -0.2) is 6.61 Å². The number of aryl methyl sites for hydroxylation is 3. The normalized spacial score (nSPS) is 11.1. The maximum absolute atomic E-state index is 14.8. The third kappa shape index (κ3) is 5.62. The van der Waals surface area contributed by atoms with Gasteiger partial charge >= 0.3 is 0 Å². The van der Waals surface area contributed by atoms with Crippen molar-refractivity contribution in [2.24, 2.45) is 0 Å². The van der Waals surface area contributed by atoms with Gasteiger partial charge in [0.25, 0.3) is 0 Å². The maximum atomic E-state index is 14.8. The minimum Gasteiger partial charge on any atom is -0.490 e. The molecule has 0 heterocycles. The van der Waals surface area contributed by atoms with Crippen LogP contribution in [0, 0.1) is 30.2 Å². The first-order valence-corrected chi connectivity index (χ1v) is 12.1. The monoisotopic (exact) mass is 492 g/mol. The molecule has 0 aliphatic carbocycles. The molecular formula is C31H28F4O. The van der Waals surface area contributed by atoms with E-state index in [9.17, 15) is 17.6 Å². The van der Waals surface area contributed by atoms with E-state index >= 15 is 0 Å². The van der Waals surface area contributed by atoms with Crippen molar-refractivity contribution in [3.05, 3.63) is 113 Å². The summed E-state index contributed by atoms with van der Waals surface area (Å²) >= 11 is 0. The topological polar surface area (TPSA) is 9.23 Å². The quantitative estimate of drug-likeness (QED) is 0.167. The molecule has 36 heavy (non-hydrogen) atoms. The average molecular weight is 493 g/mol. The van der Waals surface area contributed by atoms with Gasteiger partial charge in [0.15, 0.2) is 23.2 Å². The van der Waals surface area contributed by atoms with E-state index in [-0.39, 0.29) is 16.9 Å². The van der Waals surface area contributed by atoms with Crippen LogP contribution in [0.4, 0.5) is 17.6 Å². The highest BCUT2D eigenvalue weighted by Crippen LogP contribution is 2.31. The first-order valence-electron chi connectivity index (χ1n) is 12.1. The highest BCUT2D eigenvalue weighted by Gasteiger charge is 2.17. The molecule has 1 nitrogen and oxygen atoms in total. The number of unbranched alkanes of at least 4 members (excludes halogenated alkanes) is 1. The molecule has 186 valence electrons. The van der Waals surface area contributed by atoms with Crippen LogP contribution >= 0.6 is 0 Å². The molecule has 4 aromatic carbocycles. The van der Waals surface area contributed by atoms with Gasteiger partial charge in [-0.2, -0.15) is 4.39 Å². The highest BCUT2D eigenvalue weighted by atomic mass is 19.2. The van der Waals surface area contributed by atoms with E-state index in [0.29, 0.717) is 36.1 Å². The van der Waals surface area contributed by atoms with E-state index in [4.69, 9.17) is 4.74 Å². The third-order valence-electron chi connectivity index (χ3n) is 6.28. The van der Waals surface area contributed by atoms with Gasteiger partial charge in [-0.25, -0.2) is 13.2 Å². The smallest absolute Gasteiger partial charge is 0.201 e. The molecule has 5 heteroatoms. The second-order valence-corrected chi connectivity index (χ2v) is 8.90. The first kappa shape index (κ1) is 25.5. The maximum Gasteiger partial charge on any atom is 0.201 e. The van der Waals surface area contributed by atoms with Crippen molar-refractivity contribution in [1.29, 1.82) is 0 Å². The van der Waals surface area contributed by atoms with Crippen molar-refractivity contribution in [3.63, 3.8) is 0 Å². The number of ether oxygens (including phenoxy) is 1. The van der Waals surface area contributed by atoms with Gasteiger partial charge in [0.1, 0.15) is 0 Å². The zero-order valence-electron chi connectivity index (χ0n) is 20.4. The molecule has 0 fully saturated rings. The zero-order valence-corrected chi connectivity index (χ0v) is 20.4. The Hall–Kier alpha value is -3.60. The fourth-order valence-electron chi connectivity index (χ4n) is 4.06. The average Bonchev–Trinajstić information content (AvgIpc) is 2.89. The summed E-state index contributed by atoms with van der Waals surface area (Å²) in [5.74, 6) is -3.75. The molecule has 0 saturated heterocycles. The lowest BCUT2D eigenvalue weighted by Crippen LogP contribution is -2.01. The van der Waals surface area contributed by atoms with Crippen molar-refractivity contribution in [1.82, 2.24) is 0 Å². The molecule has 0 aliphatic heterocycles. The number of hydrogen-bond acceptors (Lipinski definition) is 1. The minimum absolute atomic E-state index is 0.0935. The van der Waals surface area contributed by atoms with Crippen molar-refractivity contribution in [2.45, 2.75) is 39.5 Å². The number of halogens is 4. The van der Waals surface area contributed by atoms with Gasteiger partial charge in [0.2, 0.25) is 5.82 Å². The summed E-state index contributed by atoms with van der Waals surface area (Å²) in [7, 11) is 0. The second-order valence-electron chi connectivity index (χ2n) is 8.90. The lowest BCUT2D eigenvalue weighted by molar-refractivity contribution is 0.289. The zero-order chi connectivity index (χ0) is 25.7. The Morgan fingerprint density at radius 1 is 0.611 bits per heavy atom. The Balaban J connectivity index is 1.45. The molecule has 0 aliphatic rings. The Morgan fingerprint density at radius 2 is 1.19 bits per heavy atom. The van der Waals surface area contributed by atoms with Gasteiger partial charge in [-0.05, 0) is 60.6 Å². The molecule has 0 atom stereocenters. The minimum atomic E-state index is -1.00. The largest absolute Gasteiger partial charge is 0.490 e. The molecule has 4 aromatic rings. The van der Waals surface area contributed by atoms with Gasteiger partial charge in [-0.3, -0.25) is 0 Å². The summed E-state index contributed by atoms with van der Waals surface area (Å²) in [5.41, 5.74) is 3.74. The predicted molar refractivity (Wildman–Crippen MR) is 136 cm³/mol. The molecule has 0 unspecified atom stereocenters. The van der Waals surface area contributed by atoms with Gasteiger partial charge in [-0.1, -0.05) is 79.6 Å². The van der Waals surface area contributed by atoms with Gasteiger partial charge in [0, 0.05) is 11.1 Å². The molecule has 0 radical (unpaired) electrons. The molecule has 0 aromatic heterocycles. The van der Waals surface area contributed by atoms with Crippen LogP contribution in [0.3, 0.4) is 0 Å². The molecule has 0 bridgehead atoms. The molecule has 0 amide bonds. The molecular weight excluding hydrogens is 464 g/mol. The Morgan fingerprint density at radius 3 is 1.83 bits per heavy atom. The Bertz CT molecular complexity index is 1330. The molecule has 0 N–H and O–H groups in total. The third-order valence-corrected chi connectivity index (χ3v) is 6.28. The fourth-order valence-corrected chi connectivity index (χ4v) is 4.06. The molecule has 0 spiro atoms. The van der Waals surface area contributed by atoms with E-state index < -0.39 is 23.3 Å². The molecule has 4 rings (SSSR count). The summed E-state index contributed by atoms with van der Waals surface area (Å²) in [4.78, 5) is 0. The Labute approximate surface area is 209 Å². The number of rotatable bonds is 9. The van der Waals surface area contributed by atoms with E-state index in [2.05, 4.69) is 0 Å². The van der Waals surface area contributed by atoms with Crippen LogP contribution in [0.15, 0.2) is 72.8 Å². The van der Waals surface area contributed by atoms with Crippen LogP contribution in [0.5, 0.6) is 5.75 Å². The first-order chi connectivity index (χ1) is 17.4. The number of hydrogen-bond donors (Lipinski definition) is 0.